The van der Waals surface area contributed by atoms with E-state index in [0.29, 0.717) is 31.6 Å². The van der Waals surface area contributed by atoms with Crippen LogP contribution in [0.5, 0.6) is 0 Å². The van der Waals surface area contributed by atoms with Gasteiger partial charge >= 0.3 is 5.97 Å². The average Bonchev–Trinajstić information content (AvgIpc) is 2.29. The Morgan fingerprint density at radius 3 is 2.67 bits per heavy atom. The van der Waals surface area contributed by atoms with Crippen LogP contribution in [0, 0.1) is 0 Å². The predicted molar refractivity (Wildman–Crippen MR) is 65.2 cm³/mol. The minimum atomic E-state index is -3.70. The summed E-state index contributed by atoms with van der Waals surface area (Å²) >= 11 is 0. The van der Waals surface area contributed by atoms with Gasteiger partial charge in [0.1, 0.15) is 4.90 Å². The highest BCUT2D eigenvalue weighted by atomic mass is 32.2. The van der Waals surface area contributed by atoms with Crippen LogP contribution in [-0.4, -0.2) is 26.0 Å². The maximum absolute atomic E-state index is 11.1. The van der Waals surface area contributed by atoms with Crippen molar-refractivity contribution in [1.29, 1.82) is 0 Å². The second kappa shape index (κ2) is 6.46. The van der Waals surface area contributed by atoms with E-state index < -0.39 is 10.0 Å². The monoisotopic (exact) mass is 272 g/mol. The molecule has 0 spiro atoms. The zero-order valence-electron chi connectivity index (χ0n) is 10.1. The minimum absolute atomic E-state index is 0.0170. The molecule has 0 atom stereocenters. The van der Waals surface area contributed by atoms with Crippen LogP contribution in [0.25, 0.3) is 0 Å². The van der Waals surface area contributed by atoms with Crippen molar-refractivity contribution in [1.82, 2.24) is 4.98 Å². The number of nitrogens with two attached hydrogens (primary N) is 1. The van der Waals surface area contributed by atoms with Crippen LogP contribution in [0.15, 0.2) is 23.2 Å². The lowest BCUT2D eigenvalue weighted by Gasteiger charge is -2.03. The second-order valence-electron chi connectivity index (χ2n) is 3.69. The number of primary sulfonamides is 1. The van der Waals surface area contributed by atoms with Gasteiger partial charge in [0.2, 0.25) is 10.0 Å². The number of aryl methyl sites for hydroxylation is 1. The number of esters is 1. The number of hydrogen-bond donors (Lipinski definition) is 1. The molecule has 1 rings (SSSR count). The molecule has 1 aromatic rings. The fraction of sp³-hybridized carbons (Fsp3) is 0.455. The Hall–Kier alpha value is -1.47. The van der Waals surface area contributed by atoms with E-state index in [1.807, 2.05) is 0 Å². The summed E-state index contributed by atoms with van der Waals surface area (Å²) in [6.45, 7) is 2.13. The van der Waals surface area contributed by atoms with Crippen molar-refractivity contribution in [2.45, 2.75) is 31.1 Å². The van der Waals surface area contributed by atoms with Crippen LogP contribution >= 0.6 is 0 Å². The highest BCUT2D eigenvalue weighted by Gasteiger charge is 2.08. The maximum Gasteiger partial charge on any atom is 0.305 e. The number of pyridine rings is 1. The van der Waals surface area contributed by atoms with E-state index in [0.717, 1.165) is 0 Å². The van der Waals surface area contributed by atoms with Crippen molar-refractivity contribution in [2.75, 3.05) is 6.61 Å². The lowest BCUT2D eigenvalue weighted by Crippen LogP contribution is -2.12. The maximum atomic E-state index is 11.1. The number of ether oxygens (including phenoxy) is 1. The highest BCUT2D eigenvalue weighted by molar-refractivity contribution is 7.89. The first kappa shape index (κ1) is 14.6. The Labute approximate surface area is 106 Å². The average molecular weight is 272 g/mol. The summed E-state index contributed by atoms with van der Waals surface area (Å²) in [5.74, 6) is -0.237. The molecule has 0 aliphatic carbocycles. The van der Waals surface area contributed by atoms with E-state index in [4.69, 9.17) is 9.88 Å². The van der Waals surface area contributed by atoms with Crippen LogP contribution < -0.4 is 5.14 Å². The third-order valence-corrected chi connectivity index (χ3v) is 3.14. The van der Waals surface area contributed by atoms with Crippen molar-refractivity contribution in [3.05, 3.63) is 24.0 Å². The molecular formula is C11H16N2O4S. The Kier molecular flexibility index (Phi) is 5.24. The van der Waals surface area contributed by atoms with Gasteiger partial charge < -0.3 is 4.74 Å². The first-order chi connectivity index (χ1) is 8.43. The Morgan fingerprint density at radius 1 is 1.44 bits per heavy atom. The summed E-state index contributed by atoms with van der Waals surface area (Å²) in [5, 5.41) is 4.95. The molecule has 0 aromatic carbocycles. The minimum Gasteiger partial charge on any atom is -0.466 e. The molecule has 7 heteroatoms. The molecule has 0 saturated carbocycles. The second-order valence-corrected chi connectivity index (χ2v) is 5.25. The number of sulfonamides is 1. The lowest BCUT2D eigenvalue weighted by molar-refractivity contribution is -0.143. The summed E-state index contributed by atoms with van der Waals surface area (Å²) in [4.78, 5) is 15.0. The molecule has 0 bridgehead atoms. The smallest absolute Gasteiger partial charge is 0.305 e. The SMILES string of the molecule is CCOC(=O)CCCc1ccc(S(N)(=O)=O)cn1. The van der Waals surface area contributed by atoms with Crippen molar-refractivity contribution in [2.24, 2.45) is 5.14 Å². The Balaban J connectivity index is 2.47. The number of nitrogens with zero attached hydrogens (tertiary/aromatic N) is 1. The van der Waals surface area contributed by atoms with Gasteiger partial charge in [-0.25, -0.2) is 13.6 Å². The fourth-order valence-corrected chi connectivity index (χ4v) is 1.83. The zero-order chi connectivity index (χ0) is 13.6. The molecule has 0 radical (unpaired) electrons. The molecule has 0 saturated heterocycles. The molecule has 0 aliphatic rings. The first-order valence-electron chi connectivity index (χ1n) is 5.57. The molecule has 2 N–H and O–H groups in total. The van der Waals surface area contributed by atoms with Crippen molar-refractivity contribution >= 4 is 16.0 Å². The number of rotatable bonds is 6. The van der Waals surface area contributed by atoms with Gasteiger partial charge in [0.25, 0.3) is 0 Å². The molecular weight excluding hydrogens is 256 g/mol. The Bertz CT molecular complexity index is 496. The standard InChI is InChI=1S/C11H16N2O4S/c1-2-17-11(14)5-3-4-9-6-7-10(8-13-9)18(12,15)16/h6-8H,2-5H2,1H3,(H2,12,15,16). The highest BCUT2D eigenvalue weighted by Crippen LogP contribution is 2.08. The molecule has 1 heterocycles. The zero-order valence-corrected chi connectivity index (χ0v) is 10.9. The molecule has 0 amide bonds. The molecule has 18 heavy (non-hydrogen) atoms. The van der Waals surface area contributed by atoms with Crippen LogP contribution in [0.1, 0.15) is 25.5 Å². The molecule has 100 valence electrons. The van der Waals surface area contributed by atoms with E-state index in [-0.39, 0.29) is 10.9 Å². The summed E-state index contributed by atoms with van der Waals surface area (Å²) < 4.78 is 26.8. The molecule has 0 fully saturated rings. The van der Waals surface area contributed by atoms with E-state index in [2.05, 4.69) is 4.98 Å². The molecule has 0 unspecified atom stereocenters. The molecule has 0 aliphatic heterocycles. The number of carbonyl (C=O) groups excluding carboxylic acids is 1. The third-order valence-electron chi connectivity index (χ3n) is 2.25. The van der Waals surface area contributed by atoms with Crippen molar-refractivity contribution in [3.63, 3.8) is 0 Å². The largest absolute Gasteiger partial charge is 0.466 e. The first-order valence-corrected chi connectivity index (χ1v) is 7.11. The quantitative estimate of drug-likeness (QED) is 0.765. The summed E-state index contributed by atoms with van der Waals surface area (Å²) in [5.41, 5.74) is 0.715. The van der Waals surface area contributed by atoms with Gasteiger partial charge in [-0.1, -0.05) is 0 Å². The summed E-state index contributed by atoms with van der Waals surface area (Å²) in [6, 6.07) is 2.99. The van der Waals surface area contributed by atoms with Crippen molar-refractivity contribution < 1.29 is 17.9 Å². The van der Waals surface area contributed by atoms with E-state index in [1.54, 1.807) is 13.0 Å². The lowest BCUT2D eigenvalue weighted by atomic mass is 10.2. The molecule has 1 aromatic heterocycles. The van der Waals surface area contributed by atoms with E-state index in [9.17, 15) is 13.2 Å². The third kappa shape index (κ3) is 4.80. The normalized spacial score (nSPS) is 11.2. The van der Waals surface area contributed by atoms with E-state index in [1.165, 1.54) is 12.3 Å². The summed E-state index contributed by atoms with van der Waals surface area (Å²) in [7, 11) is -3.70. The number of hydrogen-bond acceptors (Lipinski definition) is 5. The number of carbonyl (C=O) groups is 1. The predicted octanol–water partition coefficient (Wildman–Crippen LogP) is 0.615. The van der Waals surface area contributed by atoms with Gasteiger partial charge in [0.05, 0.1) is 6.61 Å². The van der Waals surface area contributed by atoms with Crippen LogP contribution in [0.4, 0.5) is 0 Å². The van der Waals surface area contributed by atoms with Crippen LogP contribution in [0.3, 0.4) is 0 Å². The topological polar surface area (TPSA) is 99.4 Å². The van der Waals surface area contributed by atoms with Crippen LogP contribution in [0.2, 0.25) is 0 Å². The van der Waals surface area contributed by atoms with Gasteiger partial charge in [-0.2, -0.15) is 0 Å². The van der Waals surface area contributed by atoms with Gasteiger partial charge in [-0.15, -0.1) is 0 Å². The summed E-state index contributed by atoms with van der Waals surface area (Å²) in [6.07, 6.45) is 2.74. The number of aromatic nitrogens is 1. The molecule has 6 nitrogen and oxygen atoms in total. The Morgan fingerprint density at radius 2 is 2.17 bits per heavy atom. The van der Waals surface area contributed by atoms with Gasteiger partial charge in [-0.3, -0.25) is 9.78 Å². The van der Waals surface area contributed by atoms with E-state index >= 15 is 0 Å². The van der Waals surface area contributed by atoms with Crippen molar-refractivity contribution in [3.8, 4) is 0 Å². The van der Waals surface area contributed by atoms with Crippen LogP contribution in [-0.2, 0) is 26.0 Å². The van der Waals surface area contributed by atoms with Gasteiger partial charge in [-0.05, 0) is 31.9 Å². The van der Waals surface area contributed by atoms with Gasteiger partial charge in [0.15, 0.2) is 0 Å². The fourth-order valence-electron chi connectivity index (χ4n) is 1.37. The van der Waals surface area contributed by atoms with Gasteiger partial charge in [0, 0.05) is 18.3 Å².